The molecule has 1 aromatic rings. The molecule has 0 aliphatic carbocycles. The average Bonchev–Trinajstić information content (AvgIpc) is 2.08. The number of halogens is 1. The van der Waals surface area contributed by atoms with Crippen molar-refractivity contribution in [3.8, 4) is 0 Å². The maximum atomic E-state index is 11.1. The summed E-state index contributed by atoms with van der Waals surface area (Å²) >= 11 is 2.01. The normalized spacial score (nSPS) is 9.93. The minimum atomic E-state index is -0.506. The zero-order valence-corrected chi connectivity index (χ0v) is 9.86. The molecule has 0 bridgehead atoms. The van der Waals surface area contributed by atoms with E-state index in [-0.39, 0.29) is 17.0 Å². The van der Waals surface area contributed by atoms with Crippen molar-refractivity contribution in [3.63, 3.8) is 0 Å². The molecule has 4 nitrogen and oxygen atoms in total. The molecule has 0 saturated heterocycles. The molecule has 0 amide bonds. The molecular formula is C9H8INO3. The van der Waals surface area contributed by atoms with Crippen molar-refractivity contribution in [1.82, 2.24) is 0 Å². The number of rotatable bonds is 2. The van der Waals surface area contributed by atoms with E-state index in [2.05, 4.69) is 0 Å². The Balaban J connectivity index is 3.53. The van der Waals surface area contributed by atoms with Gasteiger partial charge in [-0.15, -0.1) is 0 Å². The van der Waals surface area contributed by atoms with Gasteiger partial charge in [0.25, 0.3) is 5.69 Å². The number of hydrogen-bond acceptors (Lipinski definition) is 3. The number of ketones is 1. The van der Waals surface area contributed by atoms with Crippen LogP contribution in [0.2, 0.25) is 0 Å². The summed E-state index contributed by atoms with van der Waals surface area (Å²) < 4.78 is 0.791. The Morgan fingerprint density at radius 2 is 2.07 bits per heavy atom. The van der Waals surface area contributed by atoms with E-state index >= 15 is 0 Å². The van der Waals surface area contributed by atoms with Crippen LogP contribution >= 0.6 is 22.6 Å². The number of nitro groups is 1. The molecule has 0 aromatic heterocycles. The lowest BCUT2D eigenvalue weighted by Crippen LogP contribution is -2.03. The molecule has 0 heterocycles. The zero-order chi connectivity index (χ0) is 10.9. The van der Waals surface area contributed by atoms with Crippen molar-refractivity contribution in [2.75, 3.05) is 0 Å². The van der Waals surface area contributed by atoms with Crippen molar-refractivity contribution >= 4 is 34.1 Å². The van der Waals surface area contributed by atoms with Gasteiger partial charge in [0.05, 0.1) is 10.5 Å². The molecule has 5 heteroatoms. The van der Waals surface area contributed by atoms with E-state index in [4.69, 9.17) is 0 Å². The number of nitrogens with zero attached hydrogens (tertiary/aromatic N) is 1. The Labute approximate surface area is 94.6 Å². The maximum absolute atomic E-state index is 11.1. The lowest BCUT2D eigenvalue weighted by Gasteiger charge is -2.03. The van der Waals surface area contributed by atoms with Crippen LogP contribution in [0.25, 0.3) is 0 Å². The topological polar surface area (TPSA) is 60.2 Å². The quantitative estimate of drug-likeness (QED) is 0.365. The molecule has 0 N–H and O–H groups in total. The molecule has 0 radical (unpaired) electrons. The first kappa shape index (κ1) is 11.1. The summed E-state index contributed by atoms with van der Waals surface area (Å²) in [5, 5.41) is 10.7. The zero-order valence-electron chi connectivity index (χ0n) is 7.70. The second kappa shape index (κ2) is 4.04. The van der Waals surface area contributed by atoms with Crippen LogP contribution < -0.4 is 0 Å². The molecule has 0 spiro atoms. The van der Waals surface area contributed by atoms with Gasteiger partial charge in [0.1, 0.15) is 0 Å². The van der Waals surface area contributed by atoms with Gasteiger partial charge >= 0.3 is 0 Å². The van der Waals surface area contributed by atoms with Crippen LogP contribution in [0, 0.1) is 20.6 Å². The minimum absolute atomic E-state index is 0.0793. The molecule has 0 aliphatic rings. The average molecular weight is 305 g/mol. The lowest BCUT2D eigenvalue weighted by atomic mass is 10.1. The summed E-state index contributed by atoms with van der Waals surface area (Å²) in [4.78, 5) is 21.4. The van der Waals surface area contributed by atoms with Gasteiger partial charge in [-0.05, 0) is 48.6 Å². The summed E-state index contributed by atoms with van der Waals surface area (Å²) in [7, 11) is 0. The number of carbonyl (C=O) groups is 1. The van der Waals surface area contributed by atoms with Gasteiger partial charge in [-0.3, -0.25) is 14.9 Å². The highest BCUT2D eigenvalue weighted by molar-refractivity contribution is 14.1. The van der Waals surface area contributed by atoms with E-state index < -0.39 is 4.92 Å². The van der Waals surface area contributed by atoms with Crippen LogP contribution in [0.1, 0.15) is 22.8 Å². The molecule has 0 unspecified atom stereocenters. The SMILES string of the molecule is CC(=O)c1ccc(I)c(C)c1[N+](=O)[O-]. The Morgan fingerprint density at radius 3 is 2.50 bits per heavy atom. The molecule has 0 atom stereocenters. The van der Waals surface area contributed by atoms with Gasteiger partial charge in [0.15, 0.2) is 5.78 Å². The third-order valence-electron chi connectivity index (χ3n) is 1.93. The number of hydrogen-bond donors (Lipinski definition) is 0. The standard InChI is InChI=1S/C9H8INO3/c1-5-8(10)4-3-7(6(2)12)9(5)11(13)14/h3-4H,1-2H3. The molecular weight excluding hydrogens is 297 g/mol. The van der Waals surface area contributed by atoms with E-state index in [1.807, 2.05) is 22.6 Å². The molecule has 14 heavy (non-hydrogen) atoms. The van der Waals surface area contributed by atoms with Gasteiger partial charge in [0, 0.05) is 9.13 Å². The molecule has 0 aliphatic heterocycles. The Hall–Kier alpha value is -0.980. The van der Waals surface area contributed by atoms with Crippen LogP contribution in [0.4, 0.5) is 5.69 Å². The highest BCUT2D eigenvalue weighted by Gasteiger charge is 2.21. The van der Waals surface area contributed by atoms with Gasteiger partial charge in [-0.1, -0.05) is 0 Å². The van der Waals surface area contributed by atoms with Gasteiger partial charge in [-0.25, -0.2) is 0 Å². The van der Waals surface area contributed by atoms with Crippen molar-refractivity contribution in [1.29, 1.82) is 0 Å². The first-order chi connectivity index (χ1) is 6.45. The van der Waals surface area contributed by atoms with Gasteiger partial charge in [-0.2, -0.15) is 0 Å². The number of carbonyl (C=O) groups excluding carboxylic acids is 1. The molecule has 1 rings (SSSR count). The van der Waals surface area contributed by atoms with Crippen molar-refractivity contribution in [2.24, 2.45) is 0 Å². The maximum Gasteiger partial charge on any atom is 0.284 e. The van der Waals surface area contributed by atoms with E-state index in [1.165, 1.54) is 13.0 Å². The third-order valence-corrected chi connectivity index (χ3v) is 3.10. The fourth-order valence-corrected chi connectivity index (χ4v) is 1.63. The predicted octanol–water partition coefficient (Wildman–Crippen LogP) is 2.71. The summed E-state index contributed by atoms with van der Waals surface area (Å²) in [6.07, 6.45) is 0. The lowest BCUT2D eigenvalue weighted by molar-refractivity contribution is -0.385. The van der Waals surface area contributed by atoms with E-state index in [1.54, 1.807) is 13.0 Å². The number of Topliss-reactive ketones (excluding diaryl/α,β-unsaturated/α-hetero) is 1. The van der Waals surface area contributed by atoms with E-state index in [9.17, 15) is 14.9 Å². The summed E-state index contributed by atoms with van der Waals surface area (Å²) in [5.41, 5.74) is 0.639. The fourth-order valence-electron chi connectivity index (χ4n) is 1.19. The summed E-state index contributed by atoms with van der Waals surface area (Å²) in [6, 6.07) is 3.20. The summed E-state index contributed by atoms with van der Waals surface area (Å²) in [6.45, 7) is 2.97. The Morgan fingerprint density at radius 1 is 1.50 bits per heavy atom. The van der Waals surface area contributed by atoms with Crippen LogP contribution in [0.15, 0.2) is 12.1 Å². The number of benzene rings is 1. The van der Waals surface area contributed by atoms with Crippen LogP contribution in [0.5, 0.6) is 0 Å². The van der Waals surface area contributed by atoms with Crippen LogP contribution in [-0.2, 0) is 0 Å². The molecule has 74 valence electrons. The van der Waals surface area contributed by atoms with Crippen molar-refractivity contribution < 1.29 is 9.72 Å². The first-order valence-corrected chi connectivity index (χ1v) is 4.97. The highest BCUT2D eigenvalue weighted by Crippen LogP contribution is 2.27. The Bertz CT molecular complexity index is 415. The molecule has 1 aromatic carbocycles. The fraction of sp³-hybridized carbons (Fsp3) is 0.222. The summed E-state index contributed by atoms with van der Waals surface area (Å²) in [5.74, 6) is -0.281. The predicted molar refractivity (Wildman–Crippen MR) is 60.6 cm³/mol. The first-order valence-electron chi connectivity index (χ1n) is 3.89. The third kappa shape index (κ3) is 1.92. The largest absolute Gasteiger partial charge is 0.294 e. The number of nitro benzene ring substituents is 1. The van der Waals surface area contributed by atoms with E-state index in [0.717, 1.165) is 3.57 Å². The molecule has 0 saturated carbocycles. The second-order valence-corrected chi connectivity index (χ2v) is 4.04. The second-order valence-electron chi connectivity index (χ2n) is 2.88. The Kier molecular flexibility index (Phi) is 3.20. The van der Waals surface area contributed by atoms with Crippen molar-refractivity contribution in [2.45, 2.75) is 13.8 Å². The minimum Gasteiger partial charge on any atom is -0.294 e. The van der Waals surface area contributed by atoms with Crippen LogP contribution in [0.3, 0.4) is 0 Å². The van der Waals surface area contributed by atoms with Gasteiger partial charge in [0.2, 0.25) is 0 Å². The molecule has 0 fully saturated rings. The van der Waals surface area contributed by atoms with Crippen LogP contribution in [-0.4, -0.2) is 10.7 Å². The smallest absolute Gasteiger partial charge is 0.284 e. The van der Waals surface area contributed by atoms with E-state index in [0.29, 0.717) is 5.56 Å². The van der Waals surface area contributed by atoms with Gasteiger partial charge < -0.3 is 0 Å². The highest BCUT2D eigenvalue weighted by atomic mass is 127. The monoisotopic (exact) mass is 305 g/mol. The van der Waals surface area contributed by atoms with Crippen molar-refractivity contribution in [3.05, 3.63) is 36.9 Å².